The maximum Gasteiger partial charge on any atom is 0.328 e. The average Bonchev–Trinajstić information content (AvgIpc) is 2.30. The van der Waals surface area contributed by atoms with Crippen LogP contribution in [0.4, 0.5) is 4.39 Å². The predicted octanol–water partition coefficient (Wildman–Crippen LogP) is 3.49. The van der Waals surface area contributed by atoms with Gasteiger partial charge >= 0.3 is 5.97 Å². The van der Waals surface area contributed by atoms with Crippen molar-refractivity contribution in [2.45, 2.75) is 31.6 Å². The molecule has 1 aliphatic rings. The van der Waals surface area contributed by atoms with Crippen molar-refractivity contribution in [3.63, 3.8) is 0 Å². The third-order valence-electron chi connectivity index (χ3n) is 3.30. The smallest absolute Gasteiger partial charge is 0.328 e. The van der Waals surface area contributed by atoms with E-state index in [1.54, 1.807) is 0 Å². The summed E-state index contributed by atoms with van der Waals surface area (Å²) >= 11 is 0. The lowest BCUT2D eigenvalue weighted by molar-refractivity contribution is -0.131. The van der Waals surface area contributed by atoms with Crippen molar-refractivity contribution in [3.8, 4) is 0 Å². The maximum atomic E-state index is 12.8. The zero-order valence-corrected chi connectivity index (χ0v) is 9.53. The normalized spacial score (nSPS) is 20.1. The van der Waals surface area contributed by atoms with Gasteiger partial charge in [-0.25, -0.2) is 9.18 Å². The summed E-state index contributed by atoms with van der Waals surface area (Å²) < 4.78 is 12.8. The van der Waals surface area contributed by atoms with Gasteiger partial charge in [-0.1, -0.05) is 17.7 Å². The molecule has 0 atom stereocenters. The number of aliphatic carboxylic acids is 1. The first kappa shape index (κ1) is 11.8. The highest BCUT2D eigenvalue weighted by atomic mass is 19.1. The molecule has 0 radical (unpaired) electrons. The van der Waals surface area contributed by atoms with E-state index in [0.717, 1.165) is 36.8 Å². The zero-order valence-electron chi connectivity index (χ0n) is 9.53. The van der Waals surface area contributed by atoms with E-state index in [0.29, 0.717) is 5.92 Å². The average molecular weight is 234 g/mol. The Morgan fingerprint density at radius 3 is 2.35 bits per heavy atom. The lowest BCUT2D eigenvalue weighted by Gasteiger charge is -2.24. The molecule has 2 rings (SSSR count). The third kappa shape index (κ3) is 3.16. The van der Waals surface area contributed by atoms with Crippen molar-refractivity contribution in [2.75, 3.05) is 0 Å². The van der Waals surface area contributed by atoms with Crippen LogP contribution in [0.3, 0.4) is 0 Å². The molecule has 0 heterocycles. The zero-order chi connectivity index (χ0) is 12.3. The molecule has 0 saturated heterocycles. The monoisotopic (exact) mass is 234 g/mol. The molecule has 1 fully saturated rings. The molecule has 0 bridgehead atoms. The number of hydrogen-bond acceptors (Lipinski definition) is 1. The lowest BCUT2D eigenvalue weighted by atomic mass is 9.81. The topological polar surface area (TPSA) is 37.3 Å². The summed E-state index contributed by atoms with van der Waals surface area (Å²) in [5.41, 5.74) is 2.16. The van der Waals surface area contributed by atoms with E-state index in [1.165, 1.54) is 18.2 Å². The lowest BCUT2D eigenvalue weighted by Crippen LogP contribution is -2.07. The second kappa shape index (κ2) is 5.13. The van der Waals surface area contributed by atoms with Crippen molar-refractivity contribution >= 4 is 5.97 Å². The quantitative estimate of drug-likeness (QED) is 0.795. The van der Waals surface area contributed by atoms with Crippen molar-refractivity contribution in [1.29, 1.82) is 0 Å². The Kier molecular flexibility index (Phi) is 3.57. The largest absolute Gasteiger partial charge is 0.478 e. The number of halogens is 1. The minimum Gasteiger partial charge on any atom is -0.478 e. The number of hydrogen-bond donors (Lipinski definition) is 1. The number of carbonyl (C=O) groups is 1. The number of benzene rings is 1. The molecular weight excluding hydrogens is 219 g/mol. The molecule has 1 aromatic carbocycles. The van der Waals surface area contributed by atoms with Gasteiger partial charge in [-0.05, 0) is 49.3 Å². The van der Waals surface area contributed by atoms with Gasteiger partial charge in [0.05, 0.1) is 0 Å². The Morgan fingerprint density at radius 2 is 1.82 bits per heavy atom. The Bertz CT molecular complexity index is 424. The highest BCUT2D eigenvalue weighted by Gasteiger charge is 2.18. The molecule has 0 spiro atoms. The molecule has 0 amide bonds. The van der Waals surface area contributed by atoms with Gasteiger partial charge in [0.2, 0.25) is 0 Å². The van der Waals surface area contributed by atoms with Gasteiger partial charge in [-0.2, -0.15) is 0 Å². The molecule has 1 aromatic rings. The second-order valence-electron chi connectivity index (χ2n) is 4.47. The fraction of sp³-hybridized carbons (Fsp3) is 0.357. The summed E-state index contributed by atoms with van der Waals surface area (Å²) in [7, 11) is 0. The van der Waals surface area contributed by atoms with Crippen LogP contribution in [0, 0.1) is 5.82 Å². The van der Waals surface area contributed by atoms with E-state index in [9.17, 15) is 9.18 Å². The number of carboxylic acid groups (broad SMARTS) is 1. The van der Waals surface area contributed by atoms with E-state index in [2.05, 4.69) is 0 Å². The van der Waals surface area contributed by atoms with Crippen LogP contribution in [0.15, 0.2) is 35.9 Å². The Balaban J connectivity index is 1.99. The first-order valence-electron chi connectivity index (χ1n) is 5.83. The van der Waals surface area contributed by atoms with Crippen LogP contribution >= 0.6 is 0 Å². The third-order valence-corrected chi connectivity index (χ3v) is 3.30. The minimum absolute atomic E-state index is 0.212. The van der Waals surface area contributed by atoms with E-state index in [-0.39, 0.29) is 5.82 Å². The summed E-state index contributed by atoms with van der Waals surface area (Å²) in [6, 6.07) is 6.62. The molecule has 90 valence electrons. The number of allylic oxidation sites excluding steroid dienone is 1. The predicted molar refractivity (Wildman–Crippen MR) is 63.3 cm³/mol. The van der Waals surface area contributed by atoms with Crippen molar-refractivity contribution in [1.82, 2.24) is 0 Å². The summed E-state index contributed by atoms with van der Waals surface area (Å²) in [6.45, 7) is 0. The molecule has 1 saturated carbocycles. The van der Waals surface area contributed by atoms with Crippen molar-refractivity contribution in [3.05, 3.63) is 47.3 Å². The van der Waals surface area contributed by atoms with Crippen LogP contribution < -0.4 is 0 Å². The molecule has 1 aliphatic carbocycles. The van der Waals surface area contributed by atoms with E-state index < -0.39 is 5.97 Å². The summed E-state index contributed by atoms with van der Waals surface area (Å²) in [5.74, 6) is -0.641. The molecular formula is C14H15FO2. The van der Waals surface area contributed by atoms with Crippen LogP contribution in [-0.4, -0.2) is 11.1 Å². The van der Waals surface area contributed by atoms with E-state index >= 15 is 0 Å². The van der Waals surface area contributed by atoms with Gasteiger partial charge in [0, 0.05) is 6.08 Å². The SMILES string of the molecule is O=C(O)C=C1CCC(c2ccc(F)cc2)CC1. The van der Waals surface area contributed by atoms with Crippen LogP contribution in [-0.2, 0) is 4.79 Å². The van der Waals surface area contributed by atoms with Crippen molar-refractivity contribution in [2.24, 2.45) is 0 Å². The van der Waals surface area contributed by atoms with E-state index in [1.807, 2.05) is 12.1 Å². The molecule has 0 aromatic heterocycles. The first-order chi connectivity index (χ1) is 8.15. The van der Waals surface area contributed by atoms with Crippen molar-refractivity contribution < 1.29 is 14.3 Å². The van der Waals surface area contributed by atoms with E-state index in [4.69, 9.17) is 5.11 Å². The Labute approximate surface area is 99.8 Å². The number of carboxylic acids is 1. The van der Waals surface area contributed by atoms with Gasteiger partial charge in [0.15, 0.2) is 0 Å². The summed E-state index contributed by atoms with van der Waals surface area (Å²) in [5, 5.41) is 8.66. The van der Waals surface area contributed by atoms with Crippen LogP contribution in [0.5, 0.6) is 0 Å². The fourth-order valence-electron chi connectivity index (χ4n) is 2.38. The van der Waals surface area contributed by atoms with Crippen LogP contribution in [0.2, 0.25) is 0 Å². The van der Waals surface area contributed by atoms with Gasteiger partial charge in [-0.15, -0.1) is 0 Å². The summed E-state index contributed by atoms with van der Waals surface area (Å²) in [4.78, 5) is 10.5. The molecule has 0 unspecified atom stereocenters. The molecule has 1 N–H and O–H groups in total. The fourth-order valence-corrected chi connectivity index (χ4v) is 2.38. The molecule has 0 aliphatic heterocycles. The van der Waals surface area contributed by atoms with Gasteiger partial charge in [0.25, 0.3) is 0 Å². The Morgan fingerprint density at radius 1 is 1.24 bits per heavy atom. The first-order valence-corrected chi connectivity index (χ1v) is 5.83. The standard InChI is InChI=1S/C14H15FO2/c15-13-7-5-12(6-8-13)11-3-1-10(2-4-11)9-14(16)17/h5-9,11H,1-4H2,(H,16,17). The molecule has 3 heteroatoms. The Hall–Kier alpha value is -1.64. The maximum absolute atomic E-state index is 12.8. The van der Waals surface area contributed by atoms with Crippen LogP contribution in [0.1, 0.15) is 37.2 Å². The number of rotatable bonds is 2. The van der Waals surface area contributed by atoms with Gasteiger partial charge in [0.1, 0.15) is 5.82 Å². The second-order valence-corrected chi connectivity index (χ2v) is 4.47. The van der Waals surface area contributed by atoms with Crippen LogP contribution in [0.25, 0.3) is 0 Å². The highest BCUT2D eigenvalue weighted by molar-refractivity contribution is 5.80. The van der Waals surface area contributed by atoms with Gasteiger partial charge in [-0.3, -0.25) is 0 Å². The minimum atomic E-state index is -0.861. The van der Waals surface area contributed by atoms with Gasteiger partial charge < -0.3 is 5.11 Å². The molecule has 2 nitrogen and oxygen atoms in total. The molecule has 17 heavy (non-hydrogen) atoms. The summed E-state index contributed by atoms with van der Waals surface area (Å²) in [6.07, 6.45) is 4.87. The highest BCUT2D eigenvalue weighted by Crippen LogP contribution is 2.35.